The number of rotatable bonds is 8. The summed E-state index contributed by atoms with van der Waals surface area (Å²) in [5, 5.41) is 12.0. The highest BCUT2D eigenvalue weighted by Gasteiger charge is 2.04. The maximum Gasteiger partial charge on any atom is 0.331 e. The van der Waals surface area contributed by atoms with E-state index in [4.69, 9.17) is 5.11 Å². The van der Waals surface area contributed by atoms with Gasteiger partial charge in [0.1, 0.15) is 0 Å². The molecule has 0 aromatic rings. The number of carboxylic acids is 1. The zero-order valence-corrected chi connectivity index (χ0v) is 11.0. The molecule has 0 spiro atoms. The fraction of sp³-hybridized carbons (Fsp3) is 0.727. The Bertz CT molecular complexity index is 276. The van der Waals surface area contributed by atoms with Gasteiger partial charge in [-0.2, -0.15) is 0 Å². The average molecular weight is 247 g/mol. The molecule has 0 fully saturated rings. The van der Waals surface area contributed by atoms with E-state index in [1.54, 1.807) is 12.3 Å². The van der Waals surface area contributed by atoms with Gasteiger partial charge in [-0.3, -0.25) is 4.21 Å². The molecule has 2 N–H and O–H groups in total. The fourth-order valence-corrected chi connectivity index (χ4v) is 1.90. The van der Waals surface area contributed by atoms with Crippen LogP contribution in [0.5, 0.6) is 0 Å². The van der Waals surface area contributed by atoms with Crippen molar-refractivity contribution >= 4 is 16.8 Å². The summed E-state index contributed by atoms with van der Waals surface area (Å²) < 4.78 is 10.9. The van der Waals surface area contributed by atoms with Crippen LogP contribution in [0.1, 0.15) is 26.7 Å². The molecule has 0 heterocycles. The minimum atomic E-state index is -0.855. The average Bonchev–Trinajstić information content (AvgIpc) is 2.20. The summed E-state index contributed by atoms with van der Waals surface area (Å²) in [5.41, 5.74) is 0.429. The minimum Gasteiger partial charge on any atom is -0.478 e. The van der Waals surface area contributed by atoms with Crippen molar-refractivity contribution in [3.05, 3.63) is 11.6 Å². The molecular weight excluding hydrogens is 226 g/mol. The van der Waals surface area contributed by atoms with Gasteiger partial charge in [0.2, 0.25) is 0 Å². The molecule has 0 saturated carbocycles. The van der Waals surface area contributed by atoms with E-state index in [2.05, 4.69) is 5.32 Å². The van der Waals surface area contributed by atoms with Crippen molar-refractivity contribution in [2.24, 2.45) is 0 Å². The Morgan fingerprint density at radius 3 is 2.62 bits per heavy atom. The highest BCUT2D eigenvalue weighted by atomic mass is 32.2. The molecule has 0 amide bonds. The predicted molar refractivity (Wildman–Crippen MR) is 67.0 cm³/mol. The summed E-state index contributed by atoms with van der Waals surface area (Å²) in [6, 6.07) is 0.257. The van der Waals surface area contributed by atoms with E-state index in [1.165, 1.54) is 0 Å². The van der Waals surface area contributed by atoms with Gasteiger partial charge >= 0.3 is 5.97 Å². The summed E-state index contributed by atoms with van der Waals surface area (Å²) in [6.45, 7) is 4.38. The number of carbonyl (C=O) groups is 1. The van der Waals surface area contributed by atoms with Gasteiger partial charge in [0.05, 0.1) is 0 Å². The van der Waals surface area contributed by atoms with Crippen LogP contribution in [0.4, 0.5) is 0 Å². The van der Waals surface area contributed by atoms with Crippen LogP contribution in [0.3, 0.4) is 0 Å². The standard InChI is InChI=1S/C11H21NO3S/c1-4-10(11(13)14)5-7-12-9(2)6-8-16(3)15/h5,9,12H,4,6-8H2,1-3H3,(H,13,14). The first-order chi connectivity index (χ1) is 7.47. The molecule has 0 radical (unpaired) electrons. The Balaban J connectivity index is 3.87. The van der Waals surface area contributed by atoms with Crippen molar-refractivity contribution in [1.82, 2.24) is 5.32 Å². The number of aliphatic carboxylic acids is 1. The first-order valence-corrected chi connectivity index (χ1v) is 7.15. The van der Waals surface area contributed by atoms with Gasteiger partial charge in [-0.15, -0.1) is 0 Å². The van der Waals surface area contributed by atoms with Gasteiger partial charge in [0.15, 0.2) is 0 Å². The van der Waals surface area contributed by atoms with Crippen molar-refractivity contribution in [2.75, 3.05) is 18.6 Å². The Morgan fingerprint density at radius 1 is 1.56 bits per heavy atom. The van der Waals surface area contributed by atoms with Crippen molar-refractivity contribution in [3.8, 4) is 0 Å². The van der Waals surface area contributed by atoms with Crippen molar-refractivity contribution in [3.63, 3.8) is 0 Å². The van der Waals surface area contributed by atoms with E-state index in [0.717, 1.165) is 6.42 Å². The van der Waals surface area contributed by atoms with Crippen molar-refractivity contribution < 1.29 is 14.1 Å². The fourth-order valence-electron chi connectivity index (χ4n) is 1.21. The smallest absolute Gasteiger partial charge is 0.331 e. The third kappa shape index (κ3) is 7.59. The molecule has 4 nitrogen and oxygen atoms in total. The maximum absolute atomic E-state index is 10.9. The van der Waals surface area contributed by atoms with Crippen molar-refractivity contribution in [1.29, 1.82) is 0 Å². The predicted octanol–water partition coefficient (Wildman–Crippen LogP) is 1.15. The summed E-state index contributed by atoms with van der Waals surface area (Å²) in [4.78, 5) is 10.7. The van der Waals surface area contributed by atoms with Crippen LogP contribution in [0.2, 0.25) is 0 Å². The van der Waals surface area contributed by atoms with Crippen LogP contribution in [0, 0.1) is 0 Å². The van der Waals surface area contributed by atoms with E-state index in [0.29, 0.717) is 24.3 Å². The number of nitrogens with one attached hydrogen (secondary N) is 1. The Kier molecular flexibility index (Phi) is 8.11. The summed E-state index contributed by atoms with van der Waals surface area (Å²) in [6.07, 6.45) is 4.75. The quantitative estimate of drug-likeness (QED) is 0.632. The lowest BCUT2D eigenvalue weighted by atomic mass is 10.2. The molecule has 0 aliphatic rings. The van der Waals surface area contributed by atoms with Crippen molar-refractivity contribution in [2.45, 2.75) is 32.7 Å². The normalized spacial score (nSPS) is 15.8. The summed E-state index contributed by atoms with van der Waals surface area (Å²) >= 11 is 0. The molecule has 5 heteroatoms. The van der Waals surface area contributed by atoms with Gasteiger partial charge in [0.25, 0.3) is 0 Å². The molecule has 0 aromatic heterocycles. The zero-order chi connectivity index (χ0) is 12.6. The highest BCUT2D eigenvalue weighted by Crippen LogP contribution is 1.99. The number of carboxylic acid groups (broad SMARTS) is 1. The van der Waals surface area contributed by atoms with E-state index in [9.17, 15) is 9.00 Å². The van der Waals surface area contributed by atoms with Gasteiger partial charge in [-0.25, -0.2) is 4.79 Å². The van der Waals surface area contributed by atoms with Gasteiger partial charge in [-0.1, -0.05) is 13.0 Å². The molecule has 94 valence electrons. The molecular formula is C11H21NO3S. The van der Waals surface area contributed by atoms with Crippen LogP contribution < -0.4 is 5.32 Å². The number of hydrogen-bond donors (Lipinski definition) is 2. The molecule has 0 saturated heterocycles. The van der Waals surface area contributed by atoms with Crippen LogP contribution in [-0.4, -0.2) is 39.9 Å². The maximum atomic E-state index is 10.9. The van der Waals surface area contributed by atoms with Gasteiger partial charge < -0.3 is 10.4 Å². The molecule has 0 aliphatic heterocycles. The molecule has 16 heavy (non-hydrogen) atoms. The lowest BCUT2D eigenvalue weighted by Gasteiger charge is -2.11. The lowest BCUT2D eigenvalue weighted by molar-refractivity contribution is -0.132. The molecule has 0 aliphatic carbocycles. The monoisotopic (exact) mass is 247 g/mol. The lowest BCUT2D eigenvalue weighted by Crippen LogP contribution is -2.28. The Labute approximate surface area is 99.6 Å². The third-order valence-corrected chi connectivity index (χ3v) is 3.12. The van der Waals surface area contributed by atoms with Crippen LogP contribution >= 0.6 is 0 Å². The molecule has 2 unspecified atom stereocenters. The largest absolute Gasteiger partial charge is 0.478 e. The molecule has 0 aromatic carbocycles. The highest BCUT2D eigenvalue weighted by molar-refractivity contribution is 7.84. The van der Waals surface area contributed by atoms with E-state index in [1.807, 2.05) is 13.8 Å². The van der Waals surface area contributed by atoms with E-state index >= 15 is 0 Å². The molecule has 2 atom stereocenters. The first kappa shape index (κ1) is 15.3. The SMILES string of the molecule is CCC(=CCNC(C)CCS(C)=O)C(=O)O. The number of hydrogen-bond acceptors (Lipinski definition) is 3. The molecule has 0 rings (SSSR count). The first-order valence-electron chi connectivity index (χ1n) is 5.43. The topological polar surface area (TPSA) is 66.4 Å². The zero-order valence-electron chi connectivity index (χ0n) is 10.2. The van der Waals surface area contributed by atoms with Crippen LogP contribution in [0.25, 0.3) is 0 Å². The van der Waals surface area contributed by atoms with E-state index < -0.39 is 16.8 Å². The Morgan fingerprint density at radius 2 is 2.19 bits per heavy atom. The third-order valence-electron chi connectivity index (χ3n) is 2.31. The van der Waals surface area contributed by atoms with E-state index in [-0.39, 0.29) is 6.04 Å². The summed E-state index contributed by atoms with van der Waals surface area (Å²) in [5.74, 6) is -0.177. The van der Waals surface area contributed by atoms with Crippen LogP contribution in [0.15, 0.2) is 11.6 Å². The Hall–Kier alpha value is -0.680. The second kappa shape index (κ2) is 8.47. The van der Waals surface area contributed by atoms with Gasteiger partial charge in [0, 0.05) is 41.0 Å². The second-order valence-electron chi connectivity index (χ2n) is 3.76. The van der Waals surface area contributed by atoms with Crippen LogP contribution in [-0.2, 0) is 15.6 Å². The molecule has 0 bridgehead atoms. The summed E-state index contributed by atoms with van der Waals surface area (Å²) in [7, 11) is -0.759. The van der Waals surface area contributed by atoms with Gasteiger partial charge in [-0.05, 0) is 19.8 Å². The minimum absolute atomic E-state index is 0.257. The second-order valence-corrected chi connectivity index (χ2v) is 5.32.